The summed E-state index contributed by atoms with van der Waals surface area (Å²) in [6.45, 7) is 0.918. The lowest BCUT2D eigenvalue weighted by Gasteiger charge is -2.24. The lowest BCUT2D eigenvalue weighted by molar-refractivity contribution is 0.0698. The number of sulfone groups is 1. The molecule has 0 radical (unpaired) electrons. The van der Waals surface area contributed by atoms with Crippen molar-refractivity contribution in [2.24, 2.45) is 0 Å². The van der Waals surface area contributed by atoms with E-state index in [9.17, 15) is 22.7 Å². The van der Waals surface area contributed by atoms with Crippen LogP contribution in [-0.4, -0.2) is 47.9 Å². The molecule has 32 heavy (non-hydrogen) atoms. The molecule has 4 rings (SSSR count). The standard InChI is InChI=1S/C20H16Cl2FN3O4S2/c21-10-1-2-15(12(5-10)20(27)28)26-19-13-6-11(22)7-14(23)18(13)25-8-16(19)32(29,30)17-9-24-3-4-31-17/h1-2,5-8,17,24H,3-4,9H2,(H,25,26)(H,27,28). The van der Waals surface area contributed by atoms with Crippen molar-refractivity contribution < 1.29 is 22.7 Å². The molecule has 1 atom stereocenters. The van der Waals surface area contributed by atoms with Crippen molar-refractivity contribution in [1.29, 1.82) is 0 Å². The highest BCUT2D eigenvalue weighted by Crippen LogP contribution is 2.39. The van der Waals surface area contributed by atoms with Gasteiger partial charge in [0.1, 0.15) is 15.0 Å². The second kappa shape index (κ2) is 9.03. The Hall–Kier alpha value is -2.11. The normalized spacial score (nSPS) is 16.8. The van der Waals surface area contributed by atoms with Gasteiger partial charge in [-0.1, -0.05) is 23.2 Å². The summed E-state index contributed by atoms with van der Waals surface area (Å²) in [4.78, 5) is 15.6. The van der Waals surface area contributed by atoms with E-state index in [1.54, 1.807) is 0 Å². The third-order valence-corrected chi connectivity index (χ3v) is 9.25. The van der Waals surface area contributed by atoms with Crippen molar-refractivity contribution in [3.05, 3.63) is 58.0 Å². The number of carboxylic acids is 1. The maximum absolute atomic E-state index is 14.6. The van der Waals surface area contributed by atoms with Crippen LogP contribution < -0.4 is 10.6 Å². The molecule has 2 aromatic carbocycles. The Morgan fingerprint density at radius 1 is 1.25 bits per heavy atom. The Morgan fingerprint density at radius 3 is 2.72 bits per heavy atom. The van der Waals surface area contributed by atoms with Crippen molar-refractivity contribution in [1.82, 2.24) is 10.3 Å². The van der Waals surface area contributed by atoms with Crippen molar-refractivity contribution >= 4 is 73.0 Å². The number of benzene rings is 2. The number of aromatic carboxylic acids is 1. The number of carboxylic acid groups (broad SMARTS) is 1. The molecular weight excluding hydrogens is 500 g/mol. The van der Waals surface area contributed by atoms with Gasteiger partial charge in [-0.15, -0.1) is 11.8 Å². The smallest absolute Gasteiger partial charge is 0.337 e. The van der Waals surface area contributed by atoms with E-state index in [-0.39, 0.29) is 49.3 Å². The number of halogens is 3. The molecule has 7 nitrogen and oxygen atoms in total. The van der Waals surface area contributed by atoms with Crippen molar-refractivity contribution in [2.45, 2.75) is 9.48 Å². The van der Waals surface area contributed by atoms with E-state index >= 15 is 0 Å². The molecule has 12 heteroatoms. The highest BCUT2D eigenvalue weighted by molar-refractivity contribution is 8.13. The van der Waals surface area contributed by atoms with Gasteiger partial charge in [-0.05, 0) is 30.3 Å². The number of carbonyl (C=O) groups is 1. The van der Waals surface area contributed by atoms with E-state index in [1.807, 2.05) is 0 Å². The molecule has 1 unspecified atom stereocenters. The number of hydrogen-bond donors (Lipinski definition) is 3. The minimum Gasteiger partial charge on any atom is -0.478 e. The molecule has 0 saturated carbocycles. The van der Waals surface area contributed by atoms with Gasteiger partial charge in [0, 0.05) is 40.5 Å². The highest BCUT2D eigenvalue weighted by Gasteiger charge is 2.33. The van der Waals surface area contributed by atoms with E-state index in [4.69, 9.17) is 23.2 Å². The van der Waals surface area contributed by atoms with Gasteiger partial charge in [-0.3, -0.25) is 4.98 Å². The van der Waals surface area contributed by atoms with Crippen molar-refractivity contribution in [3.8, 4) is 0 Å². The zero-order chi connectivity index (χ0) is 23.0. The van der Waals surface area contributed by atoms with Crippen LogP contribution in [0.4, 0.5) is 15.8 Å². The summed E-state index contributed by atoms with van der Waals surface area (Å²) in [7, 11) is -3.93. The fourth-order valence-corrected chi connectivity index (χ4v) is 7.09. The summed E-state index contributed by atoms with van der Waals surface area (Å²) in [6, 6.07) is 6.56. The molecule has 2 heterocycles. The maximum Gasteiger partial charge on any atom is 0.337 e. The number of nitrogens with one attached hydrogen (secondary N) is 2. The second-order valence-corrected chi connectivity index (χ2v) is 11.5. The SMILES string of the molecule is O=C(O)c1cc(Cl)ccc1Nc1c(S(=O)(=O)C2CNCCS2)cnc2c(F)cc(Cl)cc12. The number of pyridine rings is 1. The zero-order valence-electron chi connectivity index (χ0n) is 16.2. The minimum absolute atomic E-state index is 0.00704. The van der Waals surface area contributed by atoms with Gasteiger partial charge in [-0.2, -0.15) is 0 Å². The van der Waals surface area contributed by atoms with Crippen LogP contribution in [0.5, 0.6) is 0 Å². The first kappa shape index (κ1) is 23.1. The molecule has 0 amide bonds. The Kier molecular flexibility index (Phi) is 6.51. The number of anilines is 2. The first-order chi connectivity index (χ1) is 15.2. The molecule has 1 aliphatic heterocycles. The number of hydrogen-bond acceptors (Lipinski definition) is 7. The molecular formula is C20H16Cl2FN3O4S2. The molecule has 0 bridgehead atoms. The summed E-state index contributed by atoms with van der Waals surface area (Å²) < 4.78 is 40.7. The lowest BCUT2D eigenvalue weighted by Crippen LogP contribution is -2.37. The summed E-state index contributed by atoms with van der Waals surface area (Å²) in [5.41, 5.74) is -0.203. The van der Waals surface area contributed by atoms with Crippen LogP contribution in [0.3, 0.4) is 0 Å². The molecule has 0 spiro atoms. The van der Waals surface area contributed by atoms with Crippen LogP contribution in [0, 0.1) is 5.82 Å². The van der Waals surface area contributed by atoms with Gasteiger partial charge in [0.25, 0.3) is 0 Å². The van der Waals surface area contributed by atoms with Gasteiger partial charge < -0.3 is 15.7 Å². The average molecular weight is 516 g/mol. The fourth-order valence-electron chi connectivity index (χ4n) is 3.37. The molecule has 0 aliphatic carbocycles. The molecule has 1 aliphatic rings. The monoisotopic (exact) mass is 515 g/mol. The predicted molar refractivity (Wildman–Crippen MR) is 125 cm³/mol. The fraction of sp³-hybridized carbons (Fsp3) is 0.200. The van der Waals surface area contributed by atoms with Gasteiger partial charge in [0.2, 0.25) is 0 Å². The Bertz CT molecular complexity index is 1330. The van der Waals surface area contributed by atoms with E-state index in [0.717, 1.165) is 12.3 Å². The average Bonchev–Trinajstić information content (AvgIpc) is 2.75. The second-order valence-electron chi connectivity index (χ2n) is 6.95. The Morgan fingerprint density at radius 2 is 2.03 bits per heavy atom. The summed E-state index contributed by atoms with van der Waals surface area (Å²) in [5, 5.41) is 15.9. The van der Waals surface area contributed by atoms with Crippen LogP contribution >= 0.6 is 35.0 Å². The van der Waals surface area contributed by atoms with Gasteiger partial charge in [0.05, 0.1) is 16.9 Å². The third-order valence-electron chi connectivity index (χ3n) is 4.87. The summed E-state index contributed by atoms with van der Waals surface area (Å²) in [5.74, 6) is -1.40. The lowest BCUT2D eigenvalue weighted by atomic mass is 10.1. The molecule has 3 aromatic rings. The Labute approximate surface area is 197 Å². The van der Waals surface area contributed by atoms with Crippen LogP contribution in [0.25, 0.3) is 10.9 Å². The largest absolute Gasteiger partial charge is 0.478 e. The topological polar surface area (TPSA) is 108 Å². The quantitative estimate of drug-likeness (QED) is 0.453. The summed E-state index contributed by atoms with van der Waals surface area (Å²) in [6.07, 6.45) is 1.09. The minimum atomic E-state index is -3.93. The molecule has 1 fully saturated rings. The number of rotatable bonds is 5. The highest BCUT2D eigenvalue weighted by atomic mass is 35.5. The van der Waals surface area contributed by atoms with Crippen molar-refractivity contribution in [3.63, 3.8) is 0 Å². The van der Waals surface area contributed by atoms with Crippen LogP contribution in [0.15, 0.2) is 41.4 Å². The first-order valence-corrected chi connectivity index (χ1v) is 12.7. The number of thioether (sulfide) groups is 1. The molecule has 1 saturated heterocycles. The number of fused-ring (bicyclic) bond motifs is 1. The van der Waals surface area contributed by atoms with Crippen molar-refractivity contribution in [2.75, 3.05) is 24.2 Å². The van der Waals surface area contributed by atoms with Crippen LogP contribution in [0.2, 0.25) is 10.0 Å². The predicted octanol–water partition coefficient (Wildman–Crippen LogP) is 4.56. The number of aromatic nitrogens is 1. The molecule has 168 valence electrons. The van der Waals surface area contributed by atoms with Gasteiger partial charge in [0.15, 0.2) is 15.7 Å². The van der Waals surface area contributed by atoms with E-state index in [1.165, 1.54) is 36.0 Å². The van der Waals surface area contributed by atoms with E-state index in [0.29, 0.717) is 12.3 Å². The van der Waals surface area contributed by atoms with Gasteiger partial charge in [-0.25, -0.2) is 17.6 Å². The van der Waals surface area contributed by atoms with Crippen LogP contribution in [0.1, 0.15) is 10.4 Å². The van der Waals surface area contributed by atoms with Crippen LogP contribution in [-0.2, 0) is 9.84 Å². The first-order valence-electron chi connectivity index (χ1n) is 9.32. The zero-order valence-corrected chi connectivity index (χ0v) is 19.4. The maximum atomic E-state index is 14.6. The third kappa shape index (κ3) is 4.38. The van der Waals surface area contributed by atoms with E-state index in [2.05, 4.69) is 15.6 Å². The molecule has 3 N–H and O–H groups in total. The van der Waals surface area contributed by atoms with Gasteiger partial charge >= 0.3 is 5.97 Å². The summed E-state index contributed by atoms with van der Waals surface area (Å²) >= 11 is 13.3. The number of nitrogens with zero attached hydrogens (tertiary/aromatic N) is 1. The van der Waals surface area contributed by atoms with E-state index < -0.39 is 26.2 Å². The molecule has 1 aromatic heterocycles. The Balaban J connectivity index is 1.97.